The molecular formula is C20H20N6O2. The van der Waals surface area contributed by atoms with Crippen molar-refractivity contribution in [2.24, 2.45) is 7.05 Å². The van der Waals surface area contributed by atoms with Gasteiger partial charge >= 0.3 is 6.01 Å². The van der Waals surface area contributed by atoms with Crippen LogP contribution >= 0.6 is 0 Å². The molecule has 0 N–H and O–H groups in total. The highest BCUT2D eigenvalue weighted by molar-refractivity contribution is 6.08. The molecular weight excluding hydrogens is 356 g/mol. The molecule has 8 heteroatoms. The molecule has 0 saturated carbocycles. The molecule has 1 fully saturated rings. The van der Waals surface area contributed by atoms with Crippen LogP contribution < -0.4 is 9.64 Å². The standard InChI is InChI=1S/C20H20N6O2/c1-25-6-5-14-16(25)4-3-15-17(14)23-18(13-11-21-20(27-2)22-12-13)24-19(15)26-7-9-28-10-8-26/h3-6,11-12H,7-10H2,1-2H3. The van der Waals surface area contributed by atoms with Gasteiger partial charge in [-0.1, -0.05) is 0 Å². The minimum Gasteiger partial charge on any atom is -0.467 e. The summed E-state index contributed by atoms with van der Waals surface area (Å²) in [6, 6.07) is 6.66. The van der Waals surface area contributed by atoms with Crippen LogP contribution in [-0.4, -0.2) is 57.9 Å². The monoisotopic (exact) mass is 376 g/mol. The first-order valence-electron chi connectivity index (χ1n) is 9.19. The van der Waals surface area contributed by atoms with Gasteiger partial charge in [0.2, 0.25) is 0 Å². The van der Waals surface area contributed by atoms with Gasteiger partial charge in [0.1, 0.15) is 5.82 Å². The highest BCUT2D eigenvalue weighted by atomic mass is 16.5. The van der Waals surface area contributed by atoms with E-state index >= 15 is 0 Å². The second kappa shape index (κ2) is 6.72. The predicted molar refractivity (Wildman–Crippen MR) is 107 cm³/mol. The van der Waals surface area contributed by atoms with Gasteiger partial charge in [0.05, 0.1) is 31.4 Å². The molecule has 0 unspecified atom stereocenters. The van der Waals surface area contributed by atoms with Crippen LogP contribution in [0.2, 0.25) is 0 Å². The molecule has 0 bridgehead atoms. The van der Waals surface area contributed by atoms with Crippen LogP contribution in [0.4, 0.5) is 5.82 Å². The molecule has 0 amide bonds. The Morgan fingerprint density at radius 3 is 2.54 bits per heavy atom. The minimum absolute atomic E-state index is 0.323. The van der Waals surface area contributed by atoms with E-state index in [1.54, 1.807) is 19.5 Å². The van der Waals surface area contributed by atoms with E-state index in [1.807, 2.05) is 7.05 Å². The zero-order chi connectivity index (χ0) is 19.1. The maximum atomic E-state index is 5.52. The Kier molecular flexibility index (Phi) is 4.05. The SMILES string of the molecule is COc1ncc(-c2nc(N3CCOCC3)c3ccc4c(ccn4C)c3n2)cn1. The van der Waals surface area contributed by atoms with Gasteiger partial charge < -0.3 is 18.9 Å². The predicted octanol–water partition coefficient (Wildman–Crippen LogP) is 2.42. The summed E-state index contributed by atoms with van der Waals surface area (Å²) in [4.78, 5) is 20.5. The average molecular weight is 376 g/mol. The molecule has 3 aromatic heterocycles. The van der Waals surface area contributed by atoms with Crippen molar-refractivity contribution < 1.29 is 9.47 Å². The largest absolute Gasteiger partial charge is 0.467 e. The molecule has 0 atom stereocenters. The molecule has 1 aliphatic heterocycles. The van der Waals surface area contributed by atoms with E-state index in [0.717, 1.165) is 46.3 Å². The van der Waals surface area contributed by atoms with Gasteiger partial charge in [-0.3, -0.25) is 0 Å². The zero-order valence-electron chi connectivity index (χ0n) is 15.8. The number of anilines is 1. The number of rotatable bonds is 3. The Morgan fingerprint density at radius 1 is 1.00 bits per heavy atom. The fourth-order valence-corrected chi connectivity index (χ4v) is 3.61. The van der Waals surface area contributed by atoms with Crippen LogP contribution in [0.25, 0.3) is 33.2 Å². The average Bonchev–Trinajstić information content (AvgIpc) is 3.15. The Hall–Kier alpha value is -3.26. The summed E-state index contributed by atoms with van der Waals surface area (Å²) in [5.74, 6) is 1.53. The number of methoxy groups -OCH3 is 1. The van der Waals surface area contributed by atoms with E-state index in [1.165, 1.54) is 0 Å². The van der Waals surface area contributed by atoms with Crippen molar-refractivity contribution in [3.8, 4) is 17.4 Å². The van der Waals surface area contributed by atoms with Gasteiger partial charge in [-0.25, -0.2) is 19.9 Å². The molecule has 28 heavy (non-hydrogen) atoms. The number of ether oxygens (including phenoxy) is 2. The van der Waals surface area contributed by atoms with Gasteiger partial charge in [-0.05, 0) is 18.2 Å². The summed E-state index contributed by atoms with van der Waals surface area (Å²) in [5.41, 5.74) is 2.82. The van der Waals surface area contributed by atoms with E-state index in [9.17, 15) is 0 Å². The summed E-state index contributed by atoms with van der Waals surface area (Å²) in [5, 5.41) is 2.14. The number of benzene rings is 1. The Bertz CT molecular complexity index is 1150. The highest BCUT2D eigenvalue weighted by Gasteiger charge is 2.20. The smallest absolute Gasteiger partial charge is 0.316 e. The summed E-state index contributed by atoms with van der Waals surface area (Å²) >= 11 is 0. The highest BCUT2D eigenvalue weighted by Crippen LogP contribution is 2.32. The van der Waals surface area contributed by atoms with Crippen molar-refractivity contribution in [1.82, 2.24) is 24.5 Å². The lowest BCUT2D eigenvalue weighted by atomic mass is 10.1. The summed E-state index contributed by atoms with van der Waals surface area (Å²) in [6.07, 6.45) is 5.44. The van der Waals surface area contributed by atoms with Crippen molar-refractivity contribution in [2.75, 3.05) is 38.3 Å². The molecule has 142 valence electrons. The van der Waals surface area contributed by atoms with Crippen molar-refractivity contribution in [1.29, 1.82) is 0 Å². The van der Waals surface area contributed by atoms with Gasteiger partial charge in [0.25, 0.3) is 0 Å². The number of fused-ring (bicyclic) bond motifs is 3. The molecule has 0 spiro atoms. The minimum atomic E-state index is 0.323. The third-order valence-electron chi connectivity index (χ3n) is 5.09. The topological polar surface area (TPSA) is 78.2 Å². The van der Waals surface area contributed by atoms with Crippen LogP contribution in [-0.2, 0) is 11.8 Å². The van der Waals surface area contributed by atoms with Crippen LogP contribution in [0.15, 0.2) is 36.8 Å². The van der Waals surface area contributed by atoms with E-state index in [2.05, 4.69) is 43.8 Å². The molecule has 1 aliphatic rings. The quantitative estimate of drug-likeness (QED) is 0.543. The lowest BCUT2D eigenvalue weighted by Crippen LogP contribution is -2.37. The first-order valence-corrected chi connectivity index (χ1v) is 9.19. The van der Waals surface area contributed by atoms with E-state index in [-0.39, 0.29) is 0 Å². The van der Waals surface area contributed by atoms with E-state index < -0.39 is 0 Å². The lowest BCUT2D eigenvalue weighted by molar-refractivity contribution is 0.122. The fraction of sp³-hybridized carbons (Fsp3) is 0.300. The van der Waals surface area contributed by atoms with Crippen LogP contribution in [0.5, 0.6) is 6.01 Å². The van der Waals surface area contributed by atoms with Crippen LogP contribution in [0, 0.1) is 0 Å². The lowest BCUT2D eigenvalue weighted by Gasteiger charge is -2.29. The van der Waals surface area contributed by atoms with E-state index in [4.69, 9.17) is 19.4 Å². The van der Waals surface area contributed by atoms with Crippen molar-refractivity contribution in [3.05, 3.63) is 36.8 Å². The number of nitrogens with zero attached hydrogens (tertiary/aromatic N) is 6. The normalized spacial score (nSPS) is 14.7. The second-order valence-electron chi connectivity index (χ2n) is 6.75. The van der Waals surface area contributed by atoms with Gasteiger partial charge in [-0.15, -0.1) is 0 Å². The first kappa shape index (κ1) is 16.9. The van der Waals surface area contributed by atoms with Gasteiger partial charge in [0.15, 0.2) is 5.82 Å². The molecule has 5 rings (SSSR count). The number of hydrogen-bond donors (Lipinski definition) is 0. The number of aromatic nitrogens is 5. The van der Waals surface area contributed by atoms with Crippen molar-refractivity contribution in [3.63, 3.8) is 0 Å². The maximum Gasteiger partial charge on any atom is 0.316 e. The Morgan fingerprint density at radius 2 is 1.79 bits per heavy atom. The van der Waals surface area contributed by atoms with Gasteiger partial charge in [0, 0.05) is 55.0 Å². The Labute approximate surface area is 161 Å². The molecule has 4 aromatic rings. The molecule has 8 nitrogen and oxygen atoms in total. The molecule has 1 aromatic carbocycles. The van der Waals surface area contributed by atoms with Crippen LogP contribution in [0.1, 0.15) is 0 Å². The third-order valence-corrected chi connectivity index (χ3v) is 5.09. The molecule has 0 radical (unpaired) electrons. The van der Waals surface area contributed by atoms with Gasteiger partial charge in [-0.2, -0.15) is 0 Å². The Balaban J connectivity index is 1.76. The number of morpholine rings is 1. The molecule has 1 saturated heterocycles. The molecule has 4 heterocycles. The second-order valence-corrected chi connectivity index (χ2v) is 6.75. The van der Waals surface area contributed by atoms with Crippen molar-refractivity contribution in [2.45, 2.75) is 0 Å². The van der Waals surface area contributed by atoms with Crippen LogP contribution in [0.3, 0.4) is 0 Å². The molecule has 0 aliphatic carbocycles. The first-order chi connectivity index (χ1) is 13.7. The zero-order valence-corrected chi connectivity index (χ0v) is 15.8. The third kappa shape index (κ3) is 2.73. The fourth-order valence-electron chi connectivity index (χ4n) is 3.61. The van der Waals surface area contributed by atoms with Crippen molar-refractivity contribution >= 4 is 27.6 Å². The van der Waals surface area contributed by atoms with E-state index in [0.29, 0.717) is 25.0 Å². The number of aryl methyl sites for hydroxylation is 1. The summed E-state index contributed by atoms with van der Waals surface area (Å²) in [6.45, 7) is 3.00. The maximum absolute atomic E-state index is 5.52. The number of hydrogen-bond acceptors (Lipinski definition) is 7. The summed E-state index contributed by atoms with van der Waals surface area (Å²) < 4.78 is 12.7. The summed E-state index contributed by atoms with van der Waals surface area (Å²) in [7, 11) is 3.58.